The fourth-order valence-corrected chi connectivity index (χ4v) is 1.89. The maximum absolute atomic E-state index is 13.2. The summed E-state index contributed by atoms with van der Waals surface area (Å²) in [6, 6.07) is 0. The Bertz CT molecular complexity index is 192. The van der Waals surface area contributed by atoms with E-state index in [9.17, 15) is 8.78 Å². The van der Waals surface area contributed by atoms with Gasteiger partial charge in [0.2, 0.25) is 5.92 Å². The lowest BCUT2D eigenvalue weighted by Crippen LogP contribution is -2.34. The number of alkyl halides is 2. The molecular weight excluding hydrogens is 184 g/mol. The van der Waals surface area contributed by atoms with Crippen molar-refractivity contribution in [3.05, 3.63) is 0 Å². The van der Waals surface area contributed by atoms with Crippen molar-refractivity contribution in [3.8, 4) is 0 Å². The molecule has 0 aliphatic heterocycles. The monoisotopic (exact) mass is 205 g/mol. The van der Waals surface area contributed by atoms with Gasteiger partial charge in [0.25, 0.3) is 0 Å². The molecule has 0 aromatic heterocycles. The third-order valence-electron chi connectivity index (χ3n) is 3.02. The molecule has 0 bridgehead atoms. The molecule has 1 saturated carbocycles. The largest absolute Gasteiger partial charge is 0.325 e. The Balaban J connectivity index is 2.53. The van der Waals surface area contributed by atoms with E-state index in [0.29, 0.717) is 18.8 Å². The average molecular weight is 205 g/mol. The van der Waals surface area contributed by atoms with E-state index in [2.05, 4.69) is 0 Å². The molecule has 1 unspecified atom stereocenters. The van der Waals surface area contributed by atoms with Crippen LogP contribution in [-0.2, 0) is 0 Å². The molecule has 2 N–H and O–H groups in total. The molecule has 0 amide bonds. The molecule has 0 aromatic carbocycles. The number of rotatable bonds is 5. The second-order valence-electron chi connectivity index (χ2n) is 5.35. The number of halogens is 2. The van der Waals surface area contributed by atoms with Gasteiger partial charge in [0.05, 0.1) is 0 Å². The Labute approximate surface area is 85.1 Å². The predicted octanol–water partition coefficient (Wildman–Crippen LogP) is 3.19. The van der Waals surface area contributed by atoms with E-state index in [1.54, 1.807) is 0 Å². The van der Waals surface area contributed by atoms with Crippen LogP contribution < -0.4 is 5.73 Å². The first-order valence-electron chi connectivity index (χ1n) is 5.40. The van der Waals surface area contributed by atoms with Crippen molar-refractivity contribution in [2.75, 3.05) is 0 Å². The van der Waals surface area contributed by atoms with Crippen LogP contribution in [0.3, 0.4) is 0 Å². The molecule has 1 rings (SSSR count). The van der Waals surface area contributed by atoms with E-state index in [-0.39, 0.29) is 5.54 Å². The van der Waals surface area contributed by atoms with Crippen LogP contribution in [0.4, 0.5) is 8.78 Å². The van der Waals surface area contributed by atoms with E-state index >= 15 is 0 Å². The third kappa shape index (κ3) is 3.52. The fourth-order valence-electron chi connectivity index (χ4n) is 1.89. The average Bonchev–Trinajstić information content (AvgIpc) is 2.63. The van der Waals surface area contributed by atoms with Gasteiger partial charge in [0.15, 0.2) is 0 Å². The zero-order chi connectivity index (χ0) is 11.0. The Hall–Kier alpha value is -0.180. The smallest absolute Gasteiger partial charge is 0.248 e. The highest BCUT2D eigenvalue weighted by Crippen LogP contribution is 2.44. The first-order chi connectivity index (χ1) is 6.23. The summed E-state index contributed by atoms with van der Waals surface area (Å²) in [6.45, 7) is 4.98. The van der Waals surface area contributed by atoms with Gasteiger partial charge >= 0.3 is 0 Å². The number of hydrogen-bond acceptors (Lipinski definition) is 1. The van der Waals surface area contributed by atoms with E-state index < -0.39 is 11.8 Å². The third-order valence-corrected chi connectivity index (χ3v) is 3.02. The molecular formula is C11H21F2N. The molecule has 3 heteroatoms. The lowest BCUT2D eigenvalue weighted by atomic mass is 9.86. The minimum Gasteiger partial charge on any atom is -0.325 e. The maximum Gasteiger partial charge on any atom is 0.248 e. The summed E-state index contributed by atoms with van der Waals surface area (Å²) >= 11 is 0. The highest BCUT2D eigenvalue weighted by atomic mass is 19.3. The van der Waals surface area contributed by atoms with Crippen molar-refractivity contribution in [2.24, 2.45) is 17.6 Å². The second-order valence-corrected chi connectivity index (χ2v) is 5.35. The quantitative estimate of drug-likeness (QED) is 0.733. The van der Waals surface area contributed by atoms with Gasteiger partial charge in [-0.2, -0.15) is 0 Å². The van der Waals surface area contributed by atoms with Crippen LogP contribution in [0.15, 0.2) is 0 Å². The van der Waals surface area contributed by atoms with Crippen LogP contribution in [0.2, 0.25) is 0 Å². The van der Waals surface area contributed by atoms with Crippen LogP contribution in [0.5, 0.6) is 0 Å². The molecule has 0 saturated heterocycles. The van der Waals surface area contributed by atoms with E-state index in [4.69, 9.17) is 5.73 Å². The molecule has 0 heterocycles. The Morgan fingerprint density at radius 2 is 1.86 bits per heavy atom. The van der Waals surface area contributed by atoms with Crippen molar-refractivity contribution in [1.29, 1.82) is 0 Å². The molecule has 1 nitrogen and oxygen atoms in total. The normalized spacial score (nSPS) is 22.5. The standard InChI is InChI=1S/C11H21F2N/c1-8(2)6-9(10(3,12)13)7-11(14)4-5-11/h8-9H,4-7,14H2,1-3H3. The SMILES string of the molecule is CC(C)CC(CC1(N)CC1)C(C)(F)F. The van der Waals surface area contributed by atoms with Gasteiger partial charge in [-0.1, -0.05) is 13.8 Å². The summed E-state index contributed by atoms with van der Waals surface area (Å²) in [5.74, 6) is -2.82. The molecule has 1 fully saturated rings. The molecule has 0 radical (unpaired) electrons. The van der Waals surface area contributed by atoms with Gasteiger partial charge in [-0.05, 0) is 38.5 Å². The van der Waals surface area contributed by atoms with Crippen molar-refractivity contribution in [2.45, 2.75) is 57.9 Å². The summed E-state index contributed by atoms with van der Waals surface area (Å²) in [5.41, 5.74) is 5.62. The van der Waals surface area contributed by atoms with Crippen molar-refractivity contribution >= 4 is 0 Å². The number of nitrogens with two attached hydrogens (primary N) is 1. The van der Waals surface area contributed by atoms with Gasteiger partial charge in [0.1, 0.15) is 0 Å². The first-order valence-corrected chi connectivity index (χ1v) is 5.40. The molecule has 1 aliphatic carbocycles. The second kappa shape index (κ2) is 3.76. The van der Waals surface area contributed by atoms with Crippen LogP contribution >= 0.6 is 0 Å². The molecule has 0 spiro atoms. The van der Waals surface area contributed by atoms with Crippen molar-refractivity contribution in [3.63, 3.8) is 0 Å². The topological polar surface area (TPSA) is 26.0 Å². The lowest BCUT2D eigenvalue weighted by molar-refractivity contribution is -0.0536. The zero-order valence-corrected chi connectivity index (χ0v) is 9.32. The van der Waals surface area contributed by atoms with Gasteiger partial charge < -0.3 is 5.73 Å². The Kier molecular flexibility index (Phi) is 3.20. The molecule has 14 heavy (non-hydrogen) atoms. The summed E-state index contributed by atoms with van der Waals surface area (Å²) in [4.78, 5) is 0. The summed E-state index contributed by atoms with van der Waals surface area (Å²) in [7, 11) is 0. The van der Waals surface area contributed by atoms with Crippen LogP contribution in [0, 0.1) is 11.8 Å². The first kappa shape index (κ1) is 11.9. The lowest BCUT2D eigenvalue weighted by Gasteiger charge is -2.27. The van der Waals surface area contributed by atoms with Gasteiger partial charge in [-0.25, -0.2) is 8.78 Å². The molecule has 0 aromatic rings. The predicted molar refractivity (Wildman–Crippen MR) is 54.3 cm³/mol. The highest BCUT2D eigenvalue weighted by Gasteiger charge is 2.45. The van der Waals surface area contributed by atoms with Crippen LogP contribution in [0.1, 0.15) is 46.5 Å². The molecule has 84 valence electrons. The zero-order valence-electron chi connectivity index (χ0n) is 9.32. The molecule has 1 aliphatic rings. The van der Waals surface area contributed by atoms with Gasteiger partial charge in [-0.15, -0.1) is 0 Å². The minimum absolute atomic E-state index is 0.265. The summed E-state index contributed by atoms with van der Waals surface area (Å²) < 4.78 is 26.5. The van der Waals surface area contributed by atoms with Gasteiger partial charge in [-0.3, -0.25) is 0 Å². The maximum atomic E-state index is 13.2. The van der Waals surface area contributed by atoms with Crippen LogP contribution in [0.25, 0.3) is 0 Å². The molecule has 1 atom stereocenters. The van der Waals surface area contributed by atoms with Crippen LogP contribution in [-0.4, -0.2) is 11.5 Å². The summed E-state index contributed by atoms with van der Waals surface area (Å²) in [5, 5.41) is 0. The van der Waals surface area contributed by atoms with E-state index in [1.165, 1.54) is 0 Å². The summed E-state index contributed by atoms with van der Waals surface area (Å²) in [6.07, 6.45) is 2.88. The Morgan fingerprint density at radius 1 is 1.36 bits per heavy atom. The van der Waals surface area contributed by atoms with Crippen molar-refractivity contribution in [1.82, 2.24) is 0 Å². The highest BCUT2D eigenvalue weighted by molar-refractivity contribution is 5.01. The van der Waals surface area contributed by atoms with E-state index in [1.807, 2.05) is 13.8 Å². The fraction of sp³-hybridized carbons (Fsp3) is 1.00. The number of hydrogen-bond donors (Lipinski definition) is 1. The van der Waals surface area contributed by atoms with Gasteiger partial charge in [0, 0.05) is 11.5 Å². The van der Waals surface area contributed by atoms with E-state index in [0.717, 1.165) is 19.8 Å². The Morgan fingerprint density at radius 3 is 2.14 bits per heavy atom. The minimum atomic E-state index is -2.58. The van der Waals surface area contributed by atoms with Crippen molar-refractivity contribution < 1.29 is 8.78 Å².